The first-order chi connectivity index (χ1) is 6.49. The van der Waals surface area contributed by atoms with E-state index in [2.05, 4.69) is 0 Å². The molecule has 0 spiro atoms. The Morgan fingerprint density at radius 3 is 2.71 bits per heavy atom. The van der Waals surface area contributed by atoms with Crippen LogP contribution >= 0.6 is 0 Å². The summed E-state index contributed by atoms with van der Waals surface area (Å²) in [6.07, 6.45) is 2.02. The smallest absolute Gasteiger partial charge is 0.131 e. The number of phenolic OH excluding ortho intramolecular Hbond substituents is 1. The molecule has 1 aliphatic rings. The maximum absolute atomic E-state index is 9.68. The van der Waals surface area contributed by atoms with Crippen molar-refractivity contribution in [1.29, 1.82) is 0 Å². The molecule has 0 aromatic heterocycles. The van der Waals surface area contributed by atoms with Crippen LogP contribution in [0.3, 0.4) is 0 Å². The van der Waals surface area contributed by atoms with Crippen molar-refractivity contribution in [3.8, 4) is 11.5 Å². The Hall–Kier alpha value is -1.44. The average Bonchev–Trinajstić information content (AvgIpc) is 2.00. The molecule has 0 saturated heterocycles. The van der Waals surface area contributed by atoms with Crippen LogP contribution in [-0.4, -0.2) is 10.7 Å². The molecule has 0 atom stereocenters. The molecule has 0 fully saturated rings. The molecule has 1 aromatic rings. The van der Waals surface area contributed by atoms with E-state index in [9.17, 15) is 5.11 Å². The van der Waals surface area contributed by atoms with E-state index in [0.29, 0.717) is 0 Å². The second-order valence-electron chi connectivity index (χ2n) is 4.18. The molecule has 1 aliphatic heterocycles. The van der Waals surface area contributed by atoms with E-state index in [1.54, 1.807) is 12.1 Å². The first-order valence-corrected chi connectivity index (χ1v) is 4.70. The fourth-order valence-corrected chi connectivity index (χ4v) is 1.91. The zero-order chi connectivity index (χ0) is 10.3. The Morgan fingerprint density at radius 1 is 1.29 bits per heavy atom. The zero-order valence-corrected chi connectivity index (χ0v) is 8.66. The summed E-state index contributed by atoms with van der Waals surface area (Å²) in [7, 11) is 0. The van der Waals surface area contributed by atoms with Gasteiger partial charge in [-0.1, -0.05) is 6.07 Å². The highest BCUT2D eigenvalue weighted by molar-refractivity contribution is 5.76. The fourth-order valence-electron chi connectivity index (χ4n) is 1.91. The van der Waals surface area contributed by atoms with Crippen LogP contribution in [-0.2, 0) is 0 Å². The standard InChI is InChI=1S/C12H14O2/c1-8-7-12(2,3)14-10-6-4-5-9(13)11(8)10/h4-7,13H,1-3H3. The molecule has 0 amide bonds. The SMILES string of the molecule is CC1=CC(C)(C)Oc2cccc(O)c21. The van der Waals surface area contributed by atoms with Gasteiger partial charge in [0.2, 0.25) is 0 Å². The third-order valence-electron chi connectivity index (χ3n) is 2.34. The lowest BCUT2D eigenvalue weighted by molar-refractivity contribution is 0.157. The van der Waals surface area contributed by atoms with Gasteiger partial charge in [-0.05, 0) is 44.6 Å². The monoisotopic (exact) mass is 190 g/mol. The van der Waals surface area contributed by atoms with Crippen LogP contribution in [0.2, 0.25) is 0 Å². The molecular formula is C12H14O2. The molecule has 2 nitrogen and oxygen atoms in total. The minimum atomic E-state index is -0.287. The Morgan fingerprint density at radius 2 is 2.00 bits per heavy atom. The van der Waals surface area contributed by atoms with Crippen molar-refractivity contribution in [3.63, 3.8) is 0 Å². The number of phenols is 1. The van der Waals surface area contributed by atoms with Crippen molar-refractivity contribution in [2.24, 2.45) is 0 Å². The highest BCUT2D eigenvalue weighted by atomic mass is 16.5. The van der Waals surface area contributed by atoms with Crippen LogP contribution in [0.5, 0.6) is 11.5 Å². The summed E-state index contributed by atoms with van der Waals surface area (Å²) in [5.74, 6) is 1.04. The van der Waals surface area contributed by atoms with Gasteiger partial charge in [0, 0.05) is 0 Å². The summed E-state index contributed by atoms with van der Waals surface area (Å²) in [6, 6.07) is 5.36. The number of hydrogen-bond donors (Lipinski definition) is 1. The summed E-state index contributed by atoms with van der Waals surface area (Å²) in [6.45, 7) is 6.00. The minimum Gasteiger partial charge on any atom is -0.507 e. The topological polar surface area (TPSA) is 29.5 Å². The van der Waals surface area contributed by atoms with E-state index < -0.39 is 0 Å². The first-order valence-electron chi connectivity index (χ1n) is 4.70. The van der Waals surface area contributed by atoms with Crippen LogP contribution in [0.15, 0.2) is 24.3 Å². The van der Waals surface area contributed by atoms with Gasteiger partial charge >= 0.3 is 0 Å². The number of fused-ring (bicyclic) bond motifs is 1. The highest BCUT2D eigenvalue weighted by Gasteiger charge is 2.26. The number of aromatic hydroxyl groups is 1. The average molecular weight is 190 g/mol. The largest absolute Gasteiger partial charge is 0.507 e. The normalized spacial score (nSPS) is 18.1. The van der Waals surface area contributed by atoms with Crippen LogP contribution in [0.25, 0.3) is 5.57 Å². The van der Waals surface area contributed by atoms with Gasteiger partial charge in [-0.3, -0.25) is 0 Å². The van der Waals surface area contributed by atoms with Crippen LogP contribution in [0.1, 0.15) is 26.3 Å². The lowest BCUT2D eigenvalue weighted by atomic mass is 9.95. The second-order valence-corrected chi connectivity index (χ2v) is 4.18. The van der Waals surface area contributed by atoms with Gasteiger partial charge in [0.15, 0.2) is 0 Å². The number of hydrogen-bond acceptors (Lipinski definition) is 2. The van der Waals surface area contributed by atoms with E-state index in [1.807, 2.05) is 32.9 Å². The van der Waals surface area contributed by atoms with Crippen LogP contribution < -0.4 is 4.74 Å². The van der Waals surface area contributed by atoms with Crippen molar-refractivity contribution in [2.75, 3.05) is 0 Å². The van der Waals surface area contributed by atoms with Gasteiger partial charge < -0.3 is 9.84 Å². The first kappa shape index (κ1) is 9.13. The predicted molar refractivity (Wildman–Crippen MR) is 56.5 cm³/mol. The van der Waals surface area contributed by atoms with Crippen LogP contribution in [0.4, 0.5) is 0 Å². The molecule has 0 unspecified atom stereocenters. The van der Waals surface area contributed by atoms with Gasteiger partial charge in [-0.15, -0.1) is 0 Å². The van der Waals surface area contributed by atoms with E-state index >= 15 is 0 Å². The number of benzene rings is 1. The van der Waals surface area contributed by atoms with E-state index in [1.165, 1.54) is 0 Å². The molecule has 74 valence electrons. The van der Waals surface area contributed by atoms with Crippen molar-refractivity contribution in [2.45, 2.75) is 26.4 Å². The quantitative estimate of drug-likeness (QED) is 0.681. The Balaban J connectivity index is 2.62. The Bertz CT molecular complexity index is 403. The van der Waals surface area contributed by atoms with Gasteiger partial charge in [-0.25, -0.2) is 0 Å². The van der Waals surface area contributed by atoms with Crippen molar-refractivity contribution >= 4 is 5.57 Å². The number of rotatable bonds is 0. The van der Waals surface area contributed by atoms with E-state index in [-0.39, 0.29) is 11.4 Å². The van der Waals surface area contributed by atoms with Crippen molar-refractivity contribution in [3.05, 3.63) is 29.8 Å². The van der Waals surface area contributed by atoms with Gasteiger partial charge in [-0.2, -0.15) is 0 Å². The molecular weight excluding hydrogens is 176 g/mol. The minimum absolute atomic E-state index is 0.284. The zero-order valence-electron chi connectivity index (χ0n) is 8.66. The molecule has 0 saturated carbocycles. The molecule has 2 heteroatoms. The molecule has 0 radical (unpaired) electrons. The maximum Gasteiger partial charge on any atom is 0.131 e. The van der Waals surface area contributed by atoms with E-state index in [4.69, 9.17) is 4.74 Å². The third kappa shape index (κ3) is 1.37. The fraction of sp³-hybridized carbons (Fsp3) is 0.333. The molecule has 0 aliphatic carbocycles. The predicted octanol–water partition coefficient (Wildman–Crippen LogP) is 2.97. The molecule has 0 bridgehead atoms. The van der Waals surface area contributed by atoms with Gasteiger partial charge in [0.25, 0.3) is 0 Å². The lowest BCUT2D eigenvalue weighted by Crippen LogP contribution is -2.28. The molecule has 14 heavy (non-hydrogen) atoms. The third-order valence-corrected chi connectivity index (χ3v) is 2.34. The molecule has 2 rings (SSSR count). The molecule has 1 heterocycles. The Labute approximate surface area is 83.8 Å². The lowest BCUT2D eigenvalue weighted by Gasteiger charge is -2.30. The molecule has 1 aromatic carbocycles. The summed E-state index contributed by atoms with van der Waals surface area (Å²) >= 11 is 0. The van der Waals surface area contributed by atoms with Crippen molar-refractivity contribution < 1.29 is 9.84 Å². The summed E-state index contributed by atoms with van der Waals surface area (Å²) in [4.78, 5) is 0. The van der Waals surface area contributed by atoms with Crippen LogP contribution in [0, 0.1) is 0 Å². The second kappa shape index (κ2) is 2.77. The Kier molecular flexibility index (Phi) is 1.81. The number of ether oxygens (including phenoxy) is 1. The maximum atomic E-state index is 9.68. The van der Waals surface area contributed by atoms with Crippen molar-refractivity contribution in [1.82, 2.24) is 0 Å². The van der Waals surface area contributed by atoms with Gasteiger partial charge in [0.05, 0.1) is 5.56 Å². The molecule has 1 N–H and O–H groups in total. The highest BCUT2D eigenvalue weighted by Crippen LogP contribution is 2.40. The van der Waals surface area contributed by atoms with E-state index in [0.717, 1.165) is 16.9 Å². The number of allylic oxidation sites excluding steroid dienone is 1. The van der Waals surface area contributed by atoms with Gasteiger partial charge in [0.1, 0.15) is 17.1 Å². The summed E-state index contributed by atoms with van der Waals surface area (Å²) in [5, 5.41) is 9.68. The summed E-state index contributed by atoms with van der Waals surface area (Å²) < 4.78 is 5.73. The summed E-state index contributed by atoms with van der Waals surface area (Å²) in [5.41, 5.74) is 1.59.